The molecule has 1 heterocycles. The van der Waals surface area contributed by atoms with Crippen LogP contribution in [-0.4, -0.2) is 75.2 Å². The Kier molecular flexibility index (Phi) is 12.2. The second-order valence-electron chi connectivity index (χ2n) is 12.1. The number of unbranched alkanes of at least 4 members (excludes halogenated alkanes) is 5. The van der Waals surface area contributed by atoms with E-state index < -0.39 is 15.6 Å². The van der Waals surface area contributed by atoms with E-state index in [9.17, 15) is 13.2 Å². The largest absolute Gasteiger partial charge is 0.444 e. The molecule has 1 saturated heterocycles. The molecular formula is C29H51N5O4S. The second kappa shape index (κ2) is 15.1. The van der Waals surface area contributed by atoms with E-state index in [1.165, 1.54) is 25.7 Å². The molecule has 39 heavy (non-hydrogen) atoms. The van der Waals surface area contributed by atoms with Crippen molar-refractivity contribution in [1.29, 1.82) is 0 Å². The average Bonchev–Trinajstić information content (AvgIpc) is 2.88. The zero-order chi connectivity index (χ0) is 28.3. The fraction of sp³-hybridized carbons (Fsp3) is 0.759. The standard InChI is InChI=1S/C29H51N5O4S/c1-29(2,3)38-28(35)34-21-19-33(20-22-34)18-12-7-5-4-6-11-17-31-39(36,37)25-15-16-27(26(30)23-25)32-24-13-9-8-10-14-24/h15-16,23-24,31-32H,4-14,17-22,30H2,1-3H3. The van der Waals surface area contributed by atoms with Crippen LogP contribution >= 0.6 is 0 Å². The molecule has 3 rings (SSSR count). The van der Waals surface area contributed by atoms with Crippen LogP contribution < -0.4 is 15.8 Å². The van der Waals surface area contributed by atoms with E-state index in [-0.39, 0.29) is 11.0 Å². The van der Waals surface area contributed by atoms with E-state index in [2.05, 4.69) is 14.9 Å². The lowest BCUT2D eigenvalue weighted by molar-refractivity contribution is 0.0144. The Balaban J connectivity index is 1.23. The van der Waals surface area contributed by atoms with E-state index in [0.717, 1.165) is 83.4 Å². The van der Waals surface area contributed by atoms with E-state index in [1.807, 2.05) is 20.8 Å². The zero-order valence-corrected chi connectivity index (χ0v) is 25.2. The van der Waals surface area contributed by atoms with Gasteiger partial charge in [-0.3, -0.25) is 4.90 Å². The molecule has 9 nitrogen and oxygen atoms in total. The van der Waals surface area contributed by atoms with Crippen LogP contribution in [0.25, 0.3) is 0 Å². The minimum absolute atomic E-state index is 0.214. The maximum atomic E-state index is 12.7. The molecule has 1 aliphatic carbocycles. The Labute approximate surface area is 236 Å². The Hall–Kier alpha value is -2.04. The Morgan fingerprint density at radius 1 is 0.974 bits per heavy atom. The lowest BCUT2D eigenvalue weighted by Gasteiger charge is -2.35. The molecule has 2 aliphatic rings. The molecule has 1 aliphatic heterocycles. The summed E-state index contributed by atoms with van der Waals surface area (Å²) < 4.78 is 33.6. The van der Waals surface area contributed by atoms with Crippen LogP contribution in [0.2, 0.25) is 0 Å². The summed E-state index contributed by atoms with van der Waals surface area (Å²) in [6.07, 6.45) is 12.2. The van der Waals surface area contributed by atoms with Gasteiger partial charge >= 0.3 is 6.09 Å². The second-order valence-corrected chi connectivity index (χ2v) is 13.8. The molecule has 1 aromatic carbocycles. The number of piperazine rings is 1. The van der Waals surface area contributed by atoms with E-state index in [0.29, 0.717) is 18.3 Å². The fourth-order valence-electron chi connectivity index (χ4n) is 5.24. The summed E-state index contributed by atoms with van der Waals surface area (Å²) in [7, 11) is -3.56. The van der Waals surface area contributed by atoms with Crippen LogP contribution in [0, 0.1) is 0 Å². The maximum Gasteiger partial charge on any atom is 0.410 e. The highest BCUT2D eigenvalue weighted by atomic mass is 32.2. The molecule has 10 heteroatoms. The first kappa shape index (κ1) is 31.5. The number of nitrogens with two attached hydrogens (primary N) is 1. The number of hydrogen-bond donors (Lipinski definition) is 3. The van der Waals surface area contributed by atoms with Crippen molar-refractivity contribution in [1.82, 2.24) is 14.5 Å². The van der Waals surface area contributed by atoms with Crippen molar-refractivity contribution in [2.45, 2.75) is 108 Å². The monoisotopic (exact) mass is 565 g/mol. The van der Waals surface area contributed by atoms with Gasteiger partial charge in [0.15, 0.2) is 0 Å². The predicted octanol–water partition coefficient (Wildman–Crippen LogP) is 5.19. The summed E-state index contributed by atoms with van der Waals surface area (Å²) in [5.41, 5.74) is 7.03. The van der Waals surface area contributed by atoms with Crippen LogP contribution in [0.1, 0.15) is 91.4 Å². The van der Waals surface area contributed by atoms with Crippen LogP contribution in [-0.2, 0) is 14.8 Å². The summed E-state index contributed by atoms with van der Waals surface area (Å²) in [4.78, 5) is 16.6. The van der Waals surface area contributed by atoms with Crippen molar-refractivity contribution in [2.75, 3.05) is 50.3 Å². The van der Waals surface area contributed by atoms with Gasteiger partial charge in [0.25, 0.3) is 0 Å². The number of carbonyl (C=O) groups is 1. The first-order valence-electron chi connectivity index (χ1n) is 14.9. The minimum atomic E-state index is -3.56. The molecule has 0 aromatic heterocycles. The number of benzene rings is 1. The maximum absolute atomic E-state index is 12.7. The van der Waals surface area contributed by atoms with Gasteiger partial charge in [0.2, 0.25) is 10.0 Å². The molecular weight excluding hydrogens is 514 g/mol. The molecule has 222 valence electrons. The lowest BCUT2D eigenvalue weighted by atomic mass is 9.95. The number of hydrogen-bond acceptors (Lipinski definition) is 7. The highest BCUT2D eigenvalue weighted by molar-refractivity contribution is 7.89. The first-order chi connectivity index (χ1) is 18.5. The molecule has 0 bridgehead atoms. The molecule has 0 spiro atoms. The molecule has 4 N–H and O–H groups in total. The molecule has 0 atom stereocenters. The third kappa shape index (κ3) is 11.2. The number of nitrogens with zero attached hydrogens (tertiary/aromatic N) is 2. The van der Waals surface area contributed by atoms with Gasteiger partial charge in [-0.15, -0.1) is 0 Å². The van der Waals surface area contributed by atoms with Gasteiger partial charge in [0.1, 0.15) is 5.60 Å². The van der Waals surface area contributed by atoms with Gasteiger partial charge < -0.3 is 20.7 Å². The first-order valence-corrected chi connectivity index (χ1v) is 16.4. The highest BCUT2D eigenvalue weighted by Crippen LogP contribution is 2.27. The third-order valence-electron chi connectivity index (χ3n) is 7.52. The Morgan fingerprint density at radius 3 is 2.26 bits per heavy atom. The fourth-order valence-corrected chi connectivity index (χ4v) is 6.35. The van der Waals surface area contributed by atoms with Crippen LogP contribution in [0.15, 0.2) is 23.1 Å². The molecule has 1 aromatic rings. The summed E-state index contributed by atoms with van der Waals surface area (Å²) in [6.45, 7) is 10.4. The van der Waals surface area contributed by atoms with Gasteiger partial charge in [-0.2, -0.15) is 0 Å². The SMILES string of the molecule is CC(C)(C)OC(=O)N1CCN(CCCCCCCCNS(=O)(=O)c2ccc(NC3CCCCC3)c(N)c2)CC1. The average molecular weight is 566 g/mol. The number of nitrogens with one attached hydrogen (secondary N) is 2. The van der Waals surface area contributed by atoms with E-state index >= 15 is 0 Å². The van der Waals surface area contributed by atoms with Gasteiger partial charge in [0, 0.05) is 38.8 Å². The molecule has 1 saturated carbocycles. The number of amides is 1. The predicted molar refractivity (Wildman–Crippen MR) is 158 cm³/mol. The van der Waals surface area contributed by atoms with Crippen molar-refractivity contribution in [3.05, 3.63) is 18.2 Å². The summed E-state index contributed by atoms with van der Waals surface area (Å²) in [5.74, 6) is 0. The summed E-state index contributed by atoms with van der Waals surface area (Å²) >= 11 is 0. The van der Waals surface area contributed by atoms with Crippen LogP contribution in [0.4, 0.5) is 16.2 Å². The van der Waals surface area contributed by atoms with Gasteiger partial charge in [-0.05, 0) is 71.2 Å². The number of nitrogen functional groups attached to an aromatic ring is 1. The zero-order valence-electron chi connectivity index (χ0n) is 24.3. The van der Waals surface area contributed by atoms with Gasteiger partial charge in [0.05, 0.1) is 16.3 Å². The highest BCUT2D eigenvalue weighted by Gasteiger charge is 2.25. The number of sulfonamides is 1. The minimum Gasteiger partial charge on any atom is -0.444 e. The topological polar surface area (TPSA) is 117 Å². The smallest absolute Gasteiger partial charge is 0.410 e. The molecule has 2 fully saturated rings. The van der Waals surface area contributed by atoms with Crippen molar-refractivity contribution in [3.8, 4) is 0 Å². The summed E-state index contributed by atoms with van der Waals surface area (Å²) in [5, 5.41) is 3.48. The molecule has 0 unspecified atom stereocenters. The Bertz CT molecular complexity index is 997. The summed E-state index contributed by atoms with van der Waals surface area (Å²) in [6, 6.07) is 5.41. The van der Waals surface area contributed by atoms with Gasteiger partial charge in [-0.1, -0.05) is 44.9 Å². The molecule has 0 radical (unpaired) electrons. The van der Waals surface area contributed by atoms with E-state index in [1.54, 1.807) is 23.1 Å². The van der Waals surface area contributed by atoms with E-state index in [4.69, 9.17) is 10.5 Å². The van der Waals surface area contributed by atoms with Crippen molar-refractivity contribution in [3.63, 3.8) is 0 Å². The number of ether oxygens (including phenoxy) is 1. The number of anilines is 2. The van der Waals surface area contributed by atoms with Crippen molar-refractivity contribution in [2.24, 2.45) is 0 Å². The number of rotatable bonds is 13. The normalized spacial score (nSPS) is 17.8. The Morgan fingerprint density at radius 2 is 1.62 bits per heavy atom. The van der Waals surface area contributed by atoms with Crippen LogP contribution in [0.5, 0.6) is 0 Å². The third-order valence-corrected chi connectivity index (χ3v) is 8.97. The van der Waals surface area contributed by atoms with Crippen molar-refractivity contribution < 1.29 is 17.9 Å². The lowest BCUT2D eigenvalue weighted by Crippen LogP contribution is -2.50. The quantitative estimate of drug-likeness (QED) is 0.223. The van der Waals surface area contributed by atoms with Crippen molar-refractivity contribution >= 4 is 27.5 Å². The van der Waals surface area contributed by atoms with Crippen LogP contribution in [0.3, 0.4) is 0 Å². The van der Waals surface area contributed by atoms with Gasteiger partial charge in [-0.25, -0.2) is 17.9 Å². The molecule has 1 amide bonds. The number of carbonyl (C=O) groups excluding carboxylic acids is 1.